The Morgan fingerprint density at radius 3 is 2.21 bits per heavy atom. The van der Waals surface area contributed by atoms with Gasteiger partial charge in [-0.05, 0) is 49.6 Å². The average Bonchev–Trinajstić information content (AvgIpc) is 2.68. The fourth-order valence-corrected chi connectivity index (χ4v) is 3.32. The van der Waals surface area contributed by atoms with Crippen molar-refractivity contribution in [1.29, 1.82) is 0 Å². The van der Waals surface area contributed by atoms with Crippen LogP contribution >= 0.6 is 15.9 Å². The van der Waals surface area contributed by atoms with Crippen LogP contribution in [-0.2, 0) is 4.79 Å². The fourth-order valence-electron chi connectivity index (χ4n) is 2.99. The maximum absolute atomic E-state index is 13.7. The Hall–Kier alpha value is -2.54. The fraction of sp³-hybridized carbons (Fsp3) is 0.364. The predicted octanol–water partition coefficient (Wildman–Crippen LogP) is 5.03. The number of hydrogen-bond donors (Lipinski definition) is 0. The van der Waals surface area contributed by atoms with E-state index in [1.54, 1.807) is 19.1 Å². The molecule has 0 unspecified atom stereocenters. The molecular formula is C22H25BrO6. The summed E-state index contributed by atoms with van der Waals surface area (Å²) in [7, 11) is 3.00. The number of benzene rings is 2. The molecule has 0 atom stereocenters. The molecule has 0 heterocycles. The minimum Gasteiger partial charge on any atom is -0.496 e. The van der Waals surface area contributed by atoms with E-state index in [-0.39, 0.29) is 22.8 Å². The standard InChI is InChI=1S/C22H25BrO6/c1-7-10-28-21-17(27-6)11-12(2)18(22(21)29-14(4)24)20(25)19-13(3)15(23)8-9-16(19)26-5/h8-9,11H,7,10H2,1-6H3. The molecule has 2 aromatic carbocycles. The minimum atomic E-state index is -0.564. The van der Waals surface area contributed by atoms with Crippen molar-refractivity contribution in [2.75, 3.05) is 20.8 Å². The number of carbonyl (C=O) groups excluding carboxylic acids is 2. The molecule has 0 N–H and O–H groups in total. The maximum Gasteiger partial charge on any atom is 0.308 e. The number of esters is 1. The maximum atomic E-state index is 13.7. The second-order valence-electron chi connectivity index (χ2n) is 6.45. The van der Waals surface area contributed by atoms with Crippen LogP contribution in [0.15, 0.2) is 22.7 Å². The number of ether oxygens (including phenoxy) is 4. The Morgan fingerprint density at radius 2 is 1.66 bits per heavy atom. The molecule has 0 fully saturated rings. The normalized spacial score (nSPS) is 10.4. The summed E-state index contributed by atoms with van der Waals surface area (Å²) >= 11 is 3.46. The van der Waals surface area contributed by atoms with Crippen molar-refractivity contribution in [3.8, 4) is 23.0 Å². The summed E-state index contributed by atoms with van der Waals surface area (Å²) in [6.07, 6.45) is 0.735. The number of methoxy groups -OCH3 is 2. The lowest BCUT2D eigenvalue weighted by Crippen LogP contribution is -2.15. The first-order valence-electron chi connectivity index (χ1n) is 9.17. The molecule has 29 heavy (non-hydrogen) atoms. The van der Waals surface area contributed by atoms with Crippen LogP contribution in [0.2, 0.25) is 0 Å². The van der Waals surface area contributed by atoms with E-state index in [1.165, 1.54) is 21.1 Å². The van der Waals surface area contributed by atoms with E-state index in [1.807, 2.05) is 19.9 Å². The monoisotopic (exact) mass is 464 g/mol. The van der Waals surface area contributed by atoms with Crippen molar-refractivity contribution >= 4 is 27.7 Å². The van der Waals surface area contributed by atoms with Crippen molar-refractivity contribution in [3.05, 3.63) is 44.9 Å². The van der Waals surface area contributed by atoms with E-state index >= 15 is 0 Å². The summed E-state index contributed by atoms with van der Waals surface area (Å²) in [6.45, 7) is 7.18. The van der Waals surface area contributed by atoms with Crippen molar-refractivity contribution in [2.45, 2.75) is 34.1 Å². The van der Waals surface area contributed by atoms with Gasteiger partial charge in [-0.3, -0.25) is 9.59 Å². The molecule has 0 saturated heterocycles. The lowest BCUT2D eigenvalue weighted by molar-refractivity contribution is -0.132. The molecule has 0 radical (unpaired) electrons. The Kier molecular flexibility index (Phi) is 7.67. The van der Waals surface area contributed by atoms with Crippen molar-refractivity contribution in [2.24, 2.45) is 0 Å². The first-order chi connectivity index (χ1) is 13.8. The van der Waals surface area contributed by atoms with E-state index < -0.39 is 5.97 Å². The van der Waals surface area contributed by atoms with Crippen LogP contribution in [0.5, 0.6) is 23.0 Å². The number of carbonyl (C=O) groups is 2. The van der Waals surface area contributed by atoms with Crippen molar-refractivity contribution in [3.63, 3.8) is 0 Å². The zero-order chi connectivity index (χ0) is 21.7. The van der Waals surface area contributed by atoms with Crippen LogP contribution in [0.1, 0.15) is 47.3 Å². The van der Waals surface area contributed by atoms with Crippen LogP contribution in [0.3, 0.4) is 0 Å². The minimum absolute atomic E-state index is 0.0502. The first-order valence-corrected chi connectivity index (χ1v) is 9.96. The molecule has 0 saturated carbocycles. The average molecular weight is 465 g/mol. The number of rotatable bonds is 8. The molecular weight excluding hydrogens is 440 g/mol. The molecule has 2 rings (SSSR count). The molecule has 7 heteroatoms. The van der Waals surface area contributed by atoms with E-state index in [2.05, 4.69) is 15.9 Å². The van der Waals surface area contributed by atoms with E-state index in [4.69, 9.17) is 18.9 Å². The van der Waals surface area contributed by atoms with Crippen LogP contribution < -0.4 is 18.9 Å². The highest BCUT2D eigenvalue weighted by Crippen LogP contribution is 2.44. The largest absolute Gasteiger partial charge is 0.496 e. The molecule has 0 spiro atoms. The van der Waals surface area contributed by atoms with Gasteiger partial charge in [0.25, 0.3) is 0 Å². The van der Waals surface area contributed by atoms with Gasteiger partial charge in [0.05, 0.1) is 32.0 Å². The highest BCUT2D eigenvalue weighted by Gasteiger charge is 2.29. The molecule has 0 aliphatic heterocycles. The Bertz CT molecular complexity index is 936. The second-order valence-corrected chi connectivity index (χ2v) is 7.30. The van der Waals surface area contributed by atoms with Gasteiger partial charge in [0, 0.05) is 11.4 Å². The van der Waals surface area contributed by atoms with E-state index in [0.717, 1.165) is 16.5 Å². The van der Waals surface area contributed by atoms with Crippen molar-refractivity contribution < 1.29 is 28.5 Å². The second kappa shape index (κ2) is 9.78. The Morgan fingerprint density at radius 1 is 1.00 bits per heavy atom. The lowest BCUT2D eigenvalue weighted by atomic mass is 9.93. The van der Waals surface area contributed by atoms with Crippen LogP contribution in [0.4, 0.5) is 0 Å². The summed E-state index contributed by atoms with van der Waals surface area (Å²) in [5.41, 5.74) is 1.92. The third kappa shape index (κ3) is 4.72. The molecule has 0 aliphatic carbocycles. The summed E-state index contributed by atoms with van der Waals surface area (Å²) in [6, 6.07) is 5.22. The first kappa shape index (κ1) is 22.7. The van der Waals surface area contributed by atoms with Crippen LogP contribution in [0.25, 0.3) is 0 Å². The summed E-state index contributed by atoms with van der Waals surface area (Å²) in [4.78, 5) is 25.5. The van der Waals surface area contributed by atoms with Crippen LogP contribution in [0, 0.1) is 13.8 Å². The van der Waals surface area contributed by atoms with Crippen molar-refractivity contribution in [1.82, 2.24) is 0 Å². The molecule has 0 amide bonds. The molecule has 0 bridgehead atoms. The molecule has 2 aromatic rings. The molecule has 0 aliphatic rings. The SMILES string of the molecule is CCCOc1c(OC)cc(C)c(C(=O)c2c(OC)ccc(Br)c2C)c1OC(C)=O. The number of hydrogen-bond acceptors (Lipinski definition) is 6. The van der Waals surface area contributed by atoms with Gasteiger partial charge in [-0.2, -0.15) is 0 Å². The molecule has 6 nitrogen and oxygen atoms in total. The quantitative estimate of drug-likeness (QED) is 0.310. The summed E-state index contributed by atoms with van der Waals surface area (Å²) < 4.78 is 22.9. The lowest BCUT2D eigenvalue weighted by Gasteiger charge is -2.20. The highest BCUT2D eigenvalue weighted by molar-refractivity contribution is 9.10. The smallest absolute Gasteiger partial charge is 0.308 e. The summed E-state index contributed by atoms with van der Waals surface area (Å²) in [5.74, 6) is 0.195. The Balaban J connectivity index is 2.82. The van der Waals surface area contributed by atoms with Gasteiger partial charge in [-0.1, -0.05) is 22.9 Å². The third-order valence-corrected chi connectivity index (χ3v) is 5.21. The zero-order valence-electron chi connectivity index (χ0n) is 17.5. The van der Waals surface area contributed by atoms with E-state index in [9.17, 15) is 9.59 Å². The number of halogens is 1. The van der Waals surface area contributed by atoms with Gasteiger partial charge in [0.15, 0.2) is 11.5 Å². The number of ketones is 1. The van der Waals surface area contributed by atoms with Crippen LogP contribution in [-0.4, -0.2) is 32.6 Å². The van der Waals surface area contributed by atoms with E-state index in [0.29, 0.717) is 29.2 Å². The topological polar surface area (TPSA) is 71.1 Å². The van der Waals surface area contributed by atoms with Gasteiger partial charge in [0.2, 0.25) is 11.5 Å². The van der Waals surface area contributed by atoms with Gasteiger partial charge >= 0.3 is 5.97 Å². The van der Waals surface area contributed by atoms with Gasteiger partial charge in [0.1, 0.15) is 5.75 Å². The predicted molar refractivity (Wildman–Crippen MR) is 114 cm³/mol. The van der Waals surface area contributed by atoms with Gasteiger partial charge in [-0.25, -0.2) is 0 Å². The molecule has 156 valence electrons. The third-order valence-electron chi connectivity index (χ3n) is 4.35. The highest BCUT2D eigenvalue weighted by atomic mass is 79.9. The Labute approximate surface area is 179 Å². The summed E-state index contributed by atoms with van der Waals surface area (Å²) in [5, 5.41) is 0. The molecule has 0 aromatic heterocycles. The number of aryl methyl sites for hydroxylation is 1. The zero-order valence-corrected chi connectivity index (χ0v) is 19.1. The van der Waals surface area contributed by atoms with Gasteiger partial charge in [-0.15, -0.1) is 0 Å². The van der Waals surface area contributed by atoms with Gasteiger partial charge < -0.3 is 18.9 Å².